The highest BCUT2D eigenvalue weighted by atomic mass is 32.2. The van der Waals surface area contributed by atoms with E-state index in [2.05, 4.69) is 16.9 Å². The first-order valence-electron chi connectivity index (χ1n) is 7.98. The first-order chi connectivity index (χ1) is 11.4. The zero-order valence-corrected chi connectivity index (χ0v) is 15.0. The summed E-state index contributed by atoms with van der Waals surface area (Å²) in [6.07, 6.45) is 0. The first-order valence-corrected chi connectivity index (χ1v) is 9.13. The van der Waals surface area contributed by atoms with Crippen molar-refractivity contribution in [2.45, 2.75) is 31.6 Å². The Kier molecular flexibility index (Phi) is 4.71. The predicted octanol–water partition coefficient (Wildman–Crippen LogP) is 4.08. The van der Waals surface area contributed by atoms with Gasteiger partial charge >= 0.3 is 0 Å². The summed E-state index contributed by atoms with van der Waals surface area (Å²) < 4.78 is 21.0. The summed E-state index contributed by atoms with van der Waals surface area (Å²) in [5.74, 6) is 0.595. The second-order valence-corrected chi connectivity index (χ2v) is 8.67. The lowest BCUT2D eigenvalue weighted by Gasteiger charge is -2.20. The Hall–Kier alpha value is -2.14. The van der Waals surface area contributed by atoms with Gasteiger partial charge < -0.3 is 9.46 Å². The zero-order chi connectivity index (χ0) is 17.2. The van der Waals surface area contributed by atoms with Gasteiger partial charge in [0.25, 0.3) is 0 Å². The maximum atomic E-state index is 12.4. The molecule has 1 unspecified atom stereocenters. The molecule has 0 radical (unpaired) electrons. The number of aliphatic imine (C=N–C) groups is 1. The number of nitrogens with one attached hydrogen (secondary N) is 1. The molecule has 0 saturated carbocycles. The van der Waals surface area contributed by atoms with Crippen LogP contribution >= 0.6 is 0 Å². The molecule has 2 aromatic carbocycles. The van der Waals surface area contributed by atoms with E-state index in [1.54, 1.807) is 0 Å². The van der Waals surface area contributed by atoms with Gasteiger partial charge in [-0.3, -0.25) is 0 Å². The number of para-hydroxylation sites is 1. The van der Waals surface area contributed by atoms with Crippen LogP contribution < -0.4 is 4.72 Å². The average molecular weight is 342 g/mol. The minimum Gasteiger partial charge on any atom is -0.475 e. The number of anilines is 1. The number of rotatable bonds is 4. The molecular weight excluding hydrogens is 320 g/mol. The lowest BCUT2D eigenvalue weighted by atomic mass is 10.1. The van der Waals surface area contributed by atoms with E-state index in [-0.39, 0.29) is 10.8 Å². The molecule has 4 nitrogen and oxygen atoms in total. The molecule has 2 aromatic rings. The molecule has 0 amide bonds. The van der Waals surface area contributed by atoms with E-state index in [1.807, 2.05) is 63.2 Å². The van der Waals surface area contributed by atoms with Crippen molar-refractivity contribution >= 4 is 22.6 Å². The average Bonchev–Trinajstić information content (AvgIpc) is 3.05. The van der Waals surface area contributed by atoms with Crippen LogP contribution in [0.25, 0.3) is 0 Å². The van der Waals surface area contributed by atoms with Crippen molar-refractivity contribution in [3.63, 3.8) is 0 Å². The second kappa shape index (κ2) is 6.77. The van der Waals surface area contributed by atoms with E-state index in [0.29, 0.717) is 12.5 Å². The van der Waals surface area contributed by atoms with E-state index in [9.17, 15) is 4.21 Å². The van der Waals surface area contributed by atoms with Crippen molar-refractivity contribution in [1.29, 1.82) is 0 Å². The SMILES string of the molecule is CC(C)(C)S(=O)Nc1ccccc1C1=N[C@H](c2ccccc2)CO1. The maximum Gasteiger partial charge on any atom is 0.219 e. The Morgan fingerprint density at radius 1 is 1.08 bits per heavy atom. The summed E-state index contributed by atoms with van der Waals surface area (Å²) in [7, 11) is -1.20. The van der Waals surface area contributed by atoms with Gasteiger partial charge in [-0.1, -0.05) is 42.5 Å². The summed E-state index contributed by atoms with van der Waals surface area (Å²) in [6, 6.07) is 17.8. The molecule has 1 N–H and O–H groups in total. The largest absolute Gasteiger partial charge is 0.475 e. The molecule has 0 aromatic heterocycles. The third-order valence-electron chi connectivity index (χ3n) is 3.75. The van der Waals surface area contributed by atoms with Crippen LogP contribution in [-0.2, 0) is 15.7 Å². The highest BCUT2D eigenvalue weighted by Gasteiger charge is 2.25. The lowest BCUT2D eigenvalue weighted by molar-refractivity contribution is 0.320. The summed E-state index contributed by atoms with van der Waals surface area (Å²) in [5, 5.41) is 0. The van der Waals surface area contributed by atoms with Gasteiger partial charge in [0.2, 0.25) is 5.90 Å². The van der Waals surface area contributed by atoms with Gasteiger partial charge in [-0.25, -0.2) is 9.20 Å². The number of hydrogen-bond donors (Lipinski definition) is 1. The van der Waals surface area contributed by atoms with E-state index in [1.165, 1.54) is 0 Å². The third-order valence-corrected chi connectivity index (χ3v) is 5.27. The second-order valence-electron chi connectivity index (χ2n) is 6.70. The van der Waals surface area contributed by atoms with Crippen LogP contribution in [0.3, 0.4) is 0 Å². The lowest BCUT2D eigenvalue weighted by Crippen LogP contribution is -2.28. The zero-order valence-electron chi connectivity index (χ0n) is 14.2. The Bertz CT molecular complexity index is 766. The van der Waals surface area contributed by atoms with Crippen molar-refractivity contribution in [2.75, 3.05) is 11.3 Å². The standard InChI is InChI=1S/C19H22N2O2S/c1-19(2,3)24(22)21-16-12-8-7-11-15(16)18-20-17(13-23-18)14-9-5-4-6-10-14/h4-12,17,21H,13H2,1-3H3/t17-,24?/m0/s1. The highest BCUT2D eigenvalue weighted by molar-refractivity contribution is 7.87. The molecule has 3 rings (SSSR count). The third kappa shape index (κ3) is 3.67. The fourth-order valence-corrected chi connectivity index (χ4v) is 3.06. The molecular formula is C19H22N2O2S. The Morgan fingerprint density at radius 2 is 1.75 bits per heavy atom. The molecule has 2 atom stereocenters. The molecule has 126 valence electrons. The van der Waals surface area contributed by atoms with Crippen LogP contribution in [0.2, 0.25) is 0 Å². The minimum absolute atomic E-state index is 0.00219. The van der Waals surface area contributed by atoms with E-state index >= 15 is 0 Å². The molecule has 0 fully saturated rings. The quantitative estimate of drug-likeness (QED) is 0.910. The summed E-state index contributed by atoms with van der Waals surface area (Å²) in [4.78, 5) is 4.71. The van der Waals surface area contributed by atoms with Gasteiger partial charge in [-0.2, -0.15) is 0 Å². The molecule has 5 heteroatoms. The van der Waals surface area contributed by atoms with E-state index < -0.39 is 11.0 Å². The summed E-state index contributed by atoms with van der Waals surface area (Å²) in [6.45, 7) is 6.34. The van der Waals surface area contributed by atoms with Crippen LogP contribution in [0.15, 0.2) is 59.6 Å². The van der Waals surface area contributed by atoms with Gasteiger partial charge in [0.15, 0.2) is 0 Å². The van der Waals surface area contributed by atoms with Crippen LogP contribution in [0, 0.1) is 0 Å². The first kappa shape index (κ1) is 16.7. The molecule has 0 saturated heterocycles. The summed E-state index contributed by atoms with van der Waals surface area (Å²) >= 11 is 0. The van der Waals surface area contributed by atoms with Crippen LogP contribution in [0.5, 0.6) is 0 Å². The van der Waals surface area contributed by atoms with Crippen molar-refractivity contribution in [3.8, 4) is 0 Å². The van der Waals surface area contributed by atoms with Crippen LogP contribution in [0.1, 0.15) is 37.9 Å². The Labute approximate surface area is 145 Å². The monoisotopic (exact) mass is 342 g/mol. The predicted molar refractivity (Wildman–Crippen MR) is 99.6 cm³/mol. The normalized spacial score (nSPS) is 18.6. The van der Waals surface area contributed by atoms with Crippen molar-refractivity contribution in [2.24, 2.45) is 4.99 Å². The fraction of sp³-hybridized carbons (Fsp3) is 0.316. The molecule has 1 heterocycles. The van der Waals surface area contributed by atoms with Crippen molar-refractivity contribution < 1.29 is 8.95 Å². The number of ether oxygens (including phenoxy) is 1. The molecule has 1 aliphatic heterocycles. The van der Waals surface area contributed by atoms with Gasteiger partial charge in [-0.05, 0) is 38.5 Å². The smallest absolute Gasteiger partial charge is 0.219 e. The Morgan fingerprint density at radius 3 is 2.46 bits per heavy atom. The van der Waals surface area contributed by atoms with Gasteiger partial charge in [0, 0.05) is 0 Å². The summed E-state index contributed by atoms with van der Waals surface area (Å²) in [5.41, 5.74) is 2.75. The Balaban J connectivity index is 1.87. The molecule has 0 spiro atoms. The minimum atomic E-state index is -1.20. The molecule has 1 aliphatic rings. The van der Waals surface area contributed by atoms with Gasteiger partial charge in [0.05, 0.1) is 16.0 Å². The van der Waals surface area contributed by atoms with Gasteiger partial charge in [-0.15, -0.1) is 0 Å². The van der Waals surface area contributed by atoms with Crippen molar-refractivity contribution in [1.82, 2.24) is 0 Å². The van der Waals surface area contributed by atoms with Gasteiger partial charge in [0.1, 0.15) is 23.6 Å². The van der Waals surface area contributed by atoms with E-state index in [0.717, 1.165) is 16.8 Å². The van der Waals surface area contributed by atoms with Crippen LogP contribution in [0.4, 0.5) is 5.69 Å². The fourth-order valence-electron chi connectivity index (χ4n) is 2.38. The van der Waals surface area contributed by atoms with Crippen LogP contribution in [-0.4, -0.2) is 21.5 Å². The highest BCUT2D eigenvalue weighted by Crippen LogP contribution is 2.28. The maximum absolute atomic E-state index is 12.4. The molecule has 0 bridgehead atoms. The van der Waals surface area contributed by atoms with Crippen molar-refractivity contribution in [3.05, 3.63) is 65.7 Å². The number of benzene rings is 2. The molecule has 24 heavy (non-hydrogen) atoms. The number of nitrogens with zero attached hydrogens (tertiary/aromatic N) is 1. The number of hydrogen-bond acceptors (Lipinski definition) is 3. The topological polar surface area (TPSA) is 50.7 Å². The van der Waals surface area contributed by atoms with E-state index in [4.69, 9.17) is 9.73 Å². The molecule has 0 aliphatic carbocycles.